The van der Waals surface area contributed by atoms with Gasteiger partial charge >= 0.3 is 0 Å². The number of ether oxygens (including phenoxy) is 1. The standard InChI is InChI=1S/C16H24N2O4S/c1-10(2)15-16(19)17-8-9-18(15)23(20,21)14-7-6-13(22-5)11(3)12(14)4/h6-7,10,15H,8-9H2,1-5H3,(H,17,19)/t15-/m1/s1. The van der Waals surface area contributed by atoms with Crippen molar-refractivity contribution < 1.29 is 17.9 Å². The zero-order chi connectivity index (χ0) is 17.4. The van der Waals surface area contributed by atoms with Gasteiger partial charge in [-0.05, 0) is 43.0 Å². The number of hydrogen-bond donors (Lipinski definition) is 1. The Bertz CT molecular complexity index is 713. The van der Waals surface area contributed by atoms with E-state index in [1.807, 2.05) is 20.8 Å². The molecule has 1 aliphatic heterocycles. The molecule has 1 fully saturated rings. The summed E-state index contributed by atoms with van der Waals surface area (Å²) in [5, 5.41) is 2.75. The third-order valence-electron chi connectivity index (χ3n) is 4.34. The van der Waals surface area contributed by atoms with Gasteiger partial charge in [0.15, 0.2) is 0 Å². The zero-order valence-electron chi connectivity index (χ0n) is 14.2. The lowest BCUT2D eigenvalue weighted by Crippen LogP contribution is -2.59. The largest absolute Gasteiger partial charge is 0.496 e. The number of sulfonamides is 1. The lowest BCUT2D eigenvalue weighted by Gasteiger charge is -2.36. The van der Waals surface area contributed by atoms with Gasteiger partial charge in [0, 0.05) is 13.1 Å². The normalized spacial score (nSPS) is 19.7. The van der Waals surface area contributed by atoms with Crippen LogP contribution in [0.5, 0.6) is 5.75 Å². The summed E-state index contributed by atoms with van der Waals surface area (Å²) >= 11 is 0. The van der Waals surface area contributed by atoms with Crippen LogP contribution in [0.3, 0.4) is 0 Å². The van der Waals surface area contributed by atoms with Gasteiger partial charge in [-0.25, -0.2) is 8.42 Å². The molecule has 23 heavy (non-hydrogen) atoms. The first-order valence-corrected chi connectivity index (χ1v) is 9.09. The third-order valence-corrected chi connectivity index (χ3v) is 6.36. The molecule has 7 heteroatoms. The van der Waals surface area contributed by atoms with Crippen molar-refractivity contribution >= 4 is 15.9 Å². The summed E-state index contributed by atoms with van der Waals surface area (Å²) in [5.74, 6) is 0.306. The molecule has 1 N–H and O–H groups in total. The summed E-state index contributed by atoms with van der Waals surface area (Å²) in [6, 6.07) is 2.53. The minimum absolute atomic E-state index is 0.107. The van der Waals surface area contributed by atoms with Crippen LogP contribution in [0.15, 0.2) is 17.0 Å². The lowest BCUT2D eigenvalue weighted by molar-refractivity contribution is -0.128. The van der Waals surface area contributed by atoms with Gasteiger partial charge in [0.25, 0.3) is 0 Å². The van der Waals surface area contributed by atoms with Crippen LogP contribution in [0, 0.1) is 19.8 Å². The van der Waals surface area contributed by atoms with Crippen molar-refractivity contribution in [1.82, 2.24) is 9.62 Å². The number of methoxy groups -OCH3 is 1. The fraction of sp³-hybridized carbons (Fsp3) is 0.562. The van der Waals surface area contributed by atoms with E-state index >= 15 is 0 Å². The summed E-state index contributed by atoms with van der Waals surface area (Å²) in [4.78, 5) is 12.4. The van der Waals surface area contributed by atoms with E-state index < -0.39 is 16.1 Å². The highest BCUT2D eigenvalue weighted by Crippen LogP contribution is 2.31. The Morgan fingerprint density at radius 3 is 2.48 bits per heavy atom. The summed E-state index contributed by atoms with van der Waals surface area (Å²) < 4.78 is 32.8. The molecule has 1 saturated heterocycles. The number of rotatable bonds is 4. The van der Waals surface area contributed by atoms with Gasteiger partial charge in [0.2, 0.25) is 15.9 Å². The van der Waals surface area contributed by atoms with E-state index in [-0.39, 0.29) is 23.3 Å². The summed E-state index contributed by atoms with van der Waals surface area (Å²) in [5.41, 5.74) is 1.44. The monoisotopic (exact) mass is 340 g/mol. The molecule has 0 aliphatic carbocycles. The summed E-state index contributed by atoms with van der Waals surface area (Å²) in [7, 11) is -2.20. The Morgan fingerprint density at radius 2 is 1.91 bits per heavy atom. The van der Waals surface area contributed by atoms with Crippen LogP contribution in [-0.2, 0) is 14.8 Å². The predicted octanol–water partition coefficient (Wildman–Crippen LogP) is 1.46. The number of carbonyl (C=O) groups excluding carboxylic acids is 1. The molecule has 1 atom stereocenters. The van der Waals surface area contributed by atoms with Crippen molar-refractivity contribution in [3.8, 4) is 5.75 Å². The van der Waals surface area contributed by atoms with Crippen LogP contribution in [-0.4, -0.2) is 44.9 Å². The summed E-state index contributed by atoms with van der Waals surface area (Å²) in [6.45, 7) is 7.90. The SMILES string of the molecule is COc1ccc(S(=O)(=O)N2CCNC(=O)[C@H]2C(C)C)c(C)c1C. The Kier molecular flexibility index (Phi) is 5.01. The number of nitrogens with one attached hydrogen (secondary N) is 1. The maximum Gasteiger partial charge on any atom is 0.244 e. The molecule has 1 aromatic carbocycles. The highest BCUT2D eigenvalue weighted by Gasteiger charge is 2.40. The fourth-order valence-electron chi connectivity index (χ4n) is 2.97. The smallest absolute Gasteiger partial charge is 0.244 e. The first-order chi connectivity index (χ1) is 10.7. The third kappa shape index (κ3) is 3.07. The van der Waals surface area contributed by atoms with Crippen LogP contribution in [0.2, 0.25) is 0 Å². The molecule has 128 valence electrons. The van der Waals surface area contributed by atoms with Crippen LogP contribution < -0.4 is 10.1 Å². The highest BCUT2D eigenvalue weighted by molar-refractivity contribution is 7.89. The lowest BCUT2D eigenvalue weighted by atomic mass is 10.0. The molecular formula is C16H24N2O4S. The molecule has 1 aromatic rings. The molecule has 0 aromatic heterocycles. The molecule has 0 radical (unpaired) electrons. The van der Waals surface area contributed by atoms with Gasteiger partial charge in [0.1, 0.15) is 11.8 Å². The second-order valence-electron chi connectivity index (χ2n) is 6.11. The molecule has 0 saturated carbocycles. The predicted molar refractivity (Wildman–Crippen MR) is 88.0 cm³/mol. The number of hydrogen-bond acceptors (Lipinski definition) is 4. The van der Waals surface area contributed by atoms with E-state index in [1.54, 1.807) is 26.2 Å². The average molecular weight is 340 g/mol. The minimum atomic E-state index is -3.75. The topological polar surface area (TPSA) is 75.7 Å². The highest BCUT2D eigenvalue weighted by atomic mass is 32.2. The minimum Gasteiger partial charge on any atom is -0.496 e. The number of piperazine rings is 1. The van der Waals surface area contributed by atoms with Crippen molar-refractivity contribution in [3.63, 3.8) is 0 Å². The average Bonchev–Trinajstić information content (AvgIpc) is 2.49. The van der Waals surface area contributed by atoms with Crippen molar-refractivity contribution in [3.05, 3.63) is 23.3 Å². The van der Waals surface area contributed by atoms with E-state index in [0.717, 1.165) is 5.56 Å². The Labute approximate surface area is 137 Å². The Balaban J connectivity index is 2.53. The Morgan fingerprint density at radius 1 is 1.26 bits per heavy atom. The maximum absolute atomic E-state index is 13.1. The second kappa shape index (κ2) is 6.49. The van der Waals surface area contributed by atoms with Gasteiger partial charge in [0.05, 0.1) is 12.0 Å². The van der Waals surface area contributed by atoms with E-state index in [1.165, 1.54) is 4.31 Å². The van der Waals surface area contributed by atoms with E-state index in [2.05, 4.69) is 5.32 Å². The number of amides is 1. The van der Waals surface area contributed by atoms with Crippen LogP contribution in [0.4, 0.5) is 0 Å². The maximum atomic E-state index is 13.1. The molecule has 1 aliphatic rings. The number of nitrogens with zero attached hydrogens (tertiary/aromatic N) is 1. The molecular weight excluding hydrogens is 316 g/mol. The van der Waals surface area contributed by atoms with Gasteiger partial charge < -0.3 is 10.1 Å². The molecule has 6 nitrogen and oxygen atoms in total. The van der Waals surface area contributed by atoms with Crippen LogP contribution >= 0.6 is 0 Å². The first kappa shape index (κ1) is 17.7. The van der Waals surface area contributed by atoms with Crippen molar-refractivity contribution in [2.75, 3.05) is 20.2 Å². The zero-order valence-corrected chi connectivity index (χ0v) is 15.0. The quantitative estimate of drug-likeness (QED) is 0.900. The van der Waals surface area contributed by atoms with E-state index in [4.69, 9.17) is 4.74 Å². The van der Waals surface area contributed by atoms with Crippen LogP contribution in [0.25, 0.3) is 0 Å². The molecule has 1 heterocycles. The second-order valence-corrected chi connectivity index (χ2v) is 7.97. The van der Waals surface area contributed by atoms with Gasteiger partial charge in [-0.3, -0.25) is 4.79 Å². The van der Waals surface area contributed by atoms with E-state index in [9.17, 15) is 13.2 Å². The van der Waals surface area contributed by atoms with E-state index in [0.29, 0.717) is 17.9 Å². The van der Waals surface area contributed by atoms with Gasteiger partial charge in [-0.2, -0.15) is 4.31 Å². The Hall–Kier alpha value is -1.60. The molecule has 0 spiro atoms. The van der Waals surface area contributed by atoms with Crippen molar-refractivity contribution in [2.45, 2.75) is 38.6 Å². The summed E-state index contributed by atoms with van der Waals surface area (Å²) in [6.07, 6.45) is 0. The molecule has 0 unspecified atom stereocenters. The molecule has 0 bridgehead atoms. The molecule has 1 amide bonds. The van der Waals surface area contributed by atoms with Crippen LogP contribution in [0.1, 0.15) is 25.0 Å². The number of carbonyl (C=O) groups is 1. The van der Waals surface area contributed by atoms with Crippen molar-refractivity contribution in [1.29, 1.82) is 0 Å². The van der Waals surface area contributed by atoms with Gasteiger partial charge in [-0.15, -0.1) is 0 Å². The first-order valence-electron chi connectivity index (χ1n) is 7.65. The number of benzene rings is 1. The van der Waals surface area contributed by atoms with Crippen molar-refractivity contribution in [2.24, 2.45) is 5.92 Å². The molecule has 2 rings (SSSR count). The van der Waals surface area contributed by atoms with Gasteiger partial charge in [-0.1, -0.05) is 13.8 Å². The fourth-order valence-corrected chi connectivity index (χ4v) is 4.97.